The summed E-state index contributed by atoms with van der Waals surface area (Å²) in [5.41, 5.74) is 1.68. The van der Waals surface area contributed by atoms with Crippen LogP contribution in [0.5, 0.6) is 0 Å². The highest BCUT2D eigenvalue weighted by Crippen LogP contribution is 2.18. The molecule has 0 aromatic heterocycles. The summed E-state index contributed by atoms with van der Waals surface area (Å²) in [7, 11) is -0.960. The Morgan fingerprint density at radius 1 is 1.27 bits per heavy atom. The number of hydrogen-bond acceptors (Lipinski definition) is 4. The largest absolute Gasteiger partial charge is 0.379 e. The number of rotatable bonds is 7. The molecule has 26 heavy (non-hydrogen) atoms. The Bertz CT molecular complexity index is 610. The molecule has 0 saturated carbocycles. The zero-order valence-electron chi connectivity index (χ0n) is 16.0. The van der Waals surface area contributed by atoms with Crippen LogP contribution in [-0.4, -0.2) is 59.3 Å². The summed E-state index contributed by atoms with van der Waals surface area (Å²) in [4.78, 5) is 14.4. The Hall–Kier alpha value is -1.44. The van der Waals surface area contributed by atoms with Crippen LogP contribution in [0.15, 0.2) is 24.3 Å². The van der Waals surface area contributed by atoms with Crippen LogP contribution in [0.4, 0.5) is 10.5 Å². The van der Waals surface area contributed by atoms with Gasteiger partial charge in [-0.25, -0.2) is 4.79 Å². The van der Waals surface area contributed by atoms with Crippen molar-refractivity contribution in [2.24, 2.45) is 0 Å². The van der Waals surface area contributed by atoms with Gasteiger partial charge in [0, 0.05) is 46.6 Å². The van der Waals surface area contributed by atoms with Gasteiger partial charge in [-0.2, -0.15) is 0 Å². The fourth-order valence-electron chi connectivity index (χ4n) is 2.61. The predicted octanol–water partition coefficient (Wildman–Crippen LogP) is 2.58. The number of carbonyl (C=O) groups is 1. The maximum absolute atomic E-state index is 12.3. The van der Waals surface area contributed by atoms with Gasteiger partial charge in [-0.1, -0.05) is 12.1 Å². The summed E-state index contributed by atoms with van der Waals surface area (Å²) in [6, 6.07) is 7.34. The van der Waals surface area contributed by atoms with Crippen molar-refractivity contribution in [2.45, 2.75) is 37.7 Å². The van der Waals surface area contributed by atoms with Crippen molar-refractivity contribution in [1.29, 1.82) is 0 Å². The summed E-state index contributed by atoms with van der Waals surface area (Å²) in [5, 5.41) is 5.74. The molecule has 0 bridgehead atoms. The Balaban J connectivity index is 1.72. The van der Waals surface area contributed by atoms with Crippen LogP contribution in [0.3, 0.4) is 0 Å². The molecule has 2 N–H and O–H groups in total. The highest BCUT2D eigenvalue weighted by atomic mass is 32.2. The van der Waals surface area contributed by atoms with Crippen molar-refractivity contribution in [3.63, 3.8) is 0 Å². The number of benzene rings is 1. The highest BCUT2D eigenvalue weighted by molar-refractivity contribution is 7.85. The molecule has 6 nitrogen and oxygen atoms in total. The number of anilines is 1. The molecular weight excluding hydrogens is 350 g/mol. The van der Waals surface area contributed by atoms with Gasteiger partial charge in [-0.3, -0.25) is 9.11 Å². The third kappa shape index (κ3) is 7.43. The zero-order chi connectivity index (χ0) is 19.0. The van der Waals surface area contributed by atoms with E-state index in [9.17, 15) is 9.00 Å². The van der Waals surface area contributed by atoms with E-state index in [1.807, 2.05) is 45.0 Å². The fourth-order valence-corrected chi connectivity index (χ4v) is 3.53. The molecule has 1 aromatic carbocycles. The van der Waals surface area contributed by atoms with Crippen LogP contribution in [0.25, 0.3) is 0 Å². The van der Waals surface area contributed by atoms with E-state index < -0.39 is 10.8 Å². The summed E-state index contributed by atoms with van der Waals surface area (Å²) >= 11 is 0. The number of amides is 2. The normalized spacial score (nSPS) is 16.9. The Morgan fingerprint density at radius 3 is 2.69 bits per heavy atom. The Kier molecular flexibility index (Phi) is 8.06. The minimum atomic E-state index is -0.960. The van der Waals surface area contributed by atoms with E-state index in [2.05, 4.69) is 15.5 Å². The standard InChI is InChI=1S/C19H31N3O3S/c1-19(2,3)26(24)15-16-6-4-7-17(14-16)21-18(23)20-8-5-9-22-10-12-25-13-11-22/h4,6-7,14H,5,8-13,15H2,1-3H3,(H2,20,21,23). The number of carbonyl (C=O) groups excluding carboxylic acids is 1. The van der Waals surface area contributed by atoms with Crippen LogP contribution in [0.1, 0.15) is 32.8 Å². The van der Waals surface area contributed by atoms with Crippen LogP contribution in [0, 0.1) is 0 Å². The van der Waals surface area contributed by atoms with Crippen LogP contribution < -0.4 is 10.6 Å². The molecule has 1 fully saturated rings. The van der Waals surface area contributed by atoms with Gasteiger partial charge in [0.1, 0.15) is 0 Å². The Morgan fingerprint density at radius 2 is 2.00 bits per heavy atom. The number of ether oxygens (including phenoxy) is 1. The van der Waals surface area contributed by atoms with Crippen LogP contribution in [-0.2, 0) is 21.3 Å². The van der Waals surface area contributed by atoms with Gasteiger partial charge < -0.3 is 15.4 Å². The van der Waals surface area contributed by atoms with Gasteiger partial charge in [-0.15, -0.1) is 0 Å². The van der Waals surface area contributed by atoms with E-state index in [1.165, 1.54) is 0 Å². The minimum Gasteiger partial charge on any atom is -0.379 e. The number of urea groups is 1. The van der Waals surface area contributed by atoms with E-state index in [0.29, 0.717) is 12.3 Å². The lowest BCUT2D eigenvalue weighted by Gasteiger charge is -2.26. The van der Waals surface area contributed by atoms with Gasteiger partial charge in [0.15, 0.2) is 0 Å². The summed E-state index contributed by atoms with van der Waals surface area (Å²) in [6.07, 6.45) is 0.915. The number of hydrogen-bond donors (Lipinski definition) is 2. The van der Waals surface area contributed by atoms with E-state index in [1.54, 1.807) is 0 Å². The maximum atomic E-state index is 12.3. The number of nitrogens with one attached hydrogen (secondary N) is 2. The lowest BCUT2D eigenvalue weighted by Crippen LogP contribution is -2.38. The van der Waals surface area contributed by atoms with Gasteiger partial charge in [-0.05, 0) is 51.4 Å². The van der Waals surface area contributed by atoms with Gasteiger partial charge in [0.2, 0.25) is 0 Å². The lowest BCUT2D eigenvalue weighted by molar-refractivity contribution is 0.0375. The smallest absolute Gasteiger partial charge is 0.319 e. The SMILES string of the molecule is CC(C)(C)S(=O)Cc1cccc(NC(=O)NCCCN2CCOCC2)c1. The molecule has 1 aliphatic rings. The van der Waals surface area contributed by atoms with Gasteiger partial charge >= 0.3 is 6.03 Å². The first-order valence-electron chi connectivity index (χ1n) is 9.17. The van der Waals surface area contributed by atoms with E-state index >= 15 is 0 Å². The van der Waals surface area contributed by atoms with Gasteiger partial charge in [0.25, 0.3) is 0 Å². The first-order valence-corrected chi connectivity index (χ1v) is 10.5. The summed E-state index contributed by atoms with van der Waals surface area (Å²) < 4.78 is 17.3. The monoisotopic (exact) mass is 381 g/mol. The molecule has 2 rings (SSSR count). The van der Waals surface area contributed by atoms with Crippen LogP contribution in [0.2, 0.25) is 0 Å². The molecule has 1 saturated heterocycles. The molecule has 0 aliphatic carbocycles. The van der Waals surface area contributed by atoms with Gasteiger partial charge in [0.05, 0.1) is 13.2 Å². The van der Waals surface area contributed by atoms with E-state index in [4.69, 9.17) is 4.74 Å². The van der Waals surface area contributed by atoms with Crippen molar-refractivity contribution in [1.82, 2.24) is 10.2 Å². The summed E-state index contributed by atoms with van der Waals surface area (Å²) in [5.74, 6) is 0.486. The molecule has 7 heteroatoms. The predicted molar refractivity (Wildman–Crippen MR) is 107 cm³/mol. The molecule has 2 amide bonds. The van der Waals surface area contributed by atoms with Crippen molar-refractivity contribution in [2.75, 3.05) is 44.7 Å². The molecule has 1 unspecified atom stereocenters. The molecule has 146 valence electrons. The van der Waals surface area contributed by atoms with Crippen LogP contribution >= 0.6 is 0 Å². The number of morpholine rings is 1. The second kappa shape index (κ2) is 10.0. The average Bonchev–Trinajstić information content (AvgIpc) is 2.59. The van der Waals surface area contributed by atoms with Crippen molar-refractivity contribution in [3.8, 4) is 0 Å². The minimum absolute atomic E-state index is 0.207. The Labute approximate surface area is 159 Å². The van der Waals surface area contributed by atoms with E-state index in [-0.39, 0.29) is 10.8 Å². The van der Waals surface area contributed by atoms with E-state index in [0.717, 1.165) is 50.5 Å². The van der Waals surface area contributed by atoms with Crippen molar-refractivity contribution in [3.05, 3.63) is 29.8 Å². The second-order valence-electron chi connectivity index (χ2n) is 7.49. The zero-order valence-corrected chi connectivity index (χ0v) is 16.9. The fraction of sp³-hybridized carbons (Fsp3) is 0.632. The molecule has 0 spiro atoms. The average molecular weight is 382 g/mol. The quantitative estimate of drug-likeness (QED) is 0.712. The molecule has 1 atom stereocenters. The topological polar surface area (TPSA) is 70.7 Å². The molecule has 1 heterocycles. The first-order chi connectivity index (χ1) is 12.3. The highest BCUT2D eigenvalue weighted by Gasteiger charge is 2.19. The maximum Gasteiger partial charge on any atom is 0.319 e. The third-order valence-electron chi connectivity index (χ3n) is 4.21. The first kappa shape index (κ1) is 20.9. The summed E-state index contributed by atoms with van der Waals surface area (Å²) in [6.45, 7) is 11.0. The number of nitrogens with zero attached hydrogens (tertiary/aromatic N) is 1. The molecular formula is C19H31N3O3S. The molecule has 1 aliphatic heterocycles. The third-order valence-corrected chi connectivity index (χ3v) is 6.17. The second-order valence-corrected chi connectivity index (χ2v) is 9.70. The molecule has 1 aromatic rings. The molecule has 0 radical (unpaired) electrons. The lowest BCUT2D eigenvalue weighted by atomic mass is 10.2. The van der Waals surface area contributed by atoms with Crippen molar-refractivity contribution < 1.29 is 13.7 Å². The van der Waals surface area contributed by atoms with Crippen molar-refractivity contribution >= 4 is 22.5 Å².